The molecular formula is C17H25ClN2O2. The molecule has 22 heavy (non-hydrogen) atoms. The number of carboxylic acid groups (broad SMARTS) is 1. The van der Waals surface area contributed by atoms with Gasteiger partial charge in [-0.05, 0) is 56.0 Å². The standard InChI is InChI=1S/C17H25ClN2O2/c1-2-19-16(17(21)22)10-14-4-3-9-20(12-14)11-13-5-7-15(18)8-6-13/h5-8,14,16,19H,2-4,9-12H2,1H3,(H,21,22). The second-order valence-corrected chi connectivity index (χ2v) is 6.49. The summed E-state index contributed by atoms with van der Waals surface area (Å²) >= 11 is 5.92. The van der Waals surface area contributed by atoms with Crippen LogP contribution in [-0.4, -0.2) is 41.7 Å². The van der Waals surface area contributed by atoms with Crippen LogP contribution in [0, 0.1) is 5.92 Å². The van der Waals surface area contributed by atoms with Crippen molar-refractivity contribution in [3.63, 3.8) is 0 Å². The Morgan fingerprint density at radius 2 is 2.18 bits per heavy atom. The Labute approximate surface area is 137 Å². The number of hydrogen-bond acceptors (Lipinski definition) is 3. The minimum Gasteiger partial charge on any atom is -0.480 e. The van der Waals surface area contributed by atoms with Gasteiger partial charge in [-0.25, -0.2) is 0 Å². The molecule has 1 heterocycles. The summed E-state index contributed by atoms with van der Waals surface area (Å²) in [5.41, 5.74) is 1.26. The first kappa shape index (κ1) is 17.3. The molecule has 0 radical (unpaired) electrons. The maximum Gasteiger partial charge on any atom is 0.320 e. The van der Waals surface area contributed by atoms with Gasteiger partial charge in [0, 0.05) is 18.1 Å². The van der Waals surface area contributed by atoms with E-state index in [9.17, 15) is 9.90 Å². The number of likely N-dealkylation sites (tertiary alicyclic amines) is 1. The zero-order valence-corrected chi connectivity index (χ0v) is 13.9. The number of likely N-dealkylation sites (N-methyl/N-ethyl adjacent to an activating group) is 1. The van der Waals surface area contributed by atoms with Crippen LogP contribution >= 0.6 is 11.6 Å². The molecule has 1 saturated heterocycles. The molecule has 2 atom stereocenters. The van der Waals surface area contributed by atoms with E-state index < -0.39 is 12.0 Å². The Hall–Kier alpha value is -1.10. The van der Waals surface area contributed by atoms with Crippen molar-refractivity contribution >= 4 is 17.6 Å². The Morgan fingerprint density at radius 3 is 2.82 bits per heavy atom. The Balaban J connectivity index is 1.88. The lowest BCUT2D eigenvalue weighted by Gasteiger charge is -2.34. The van der Waals surface area contributed by atoms with Crippen molar-refractivity contribution in [3.8, 4) is 0 Å². The van der Waals surface area contributed by atoms with E-state index in [1.165, 1.54) is 5.56 Å². The molecule has 0 amide bonds. The van der Waals surface area contributed by atoms with Crippen LogP contribution in [0.5, 0.6) is 0 Å². The molecule has 0 bridgehead atoms. The zero-order chi connectivity index (χ0) is 15.9. The van der Waals surface area contributed by atoms with Gasteiger partial charge >= 0.3 is 5.97 Å². The van der Waals surface area contributed by atoms with Crippen LogP contribution in [0.2, 0.25) is 5.02 Å². The second-order valence-electron chi connectivity index (χ2n) is 6.05. The molecule has 0 saturated carbocycles. The summed E-state index contributed by atoms with van der Waals surface area (Å²) in [6.07, 6.45) is 2.96. The largest absolute Gasteiger partial charge is 0.480 e. The Bertz CT molecular complexity index is 478. The number of piperidine rings is 1. The van der Waals surface area contributed by atoms with Crippen molar-refractivity contribution in [3.05, 3.63) is 34.9 Å². The van der Waals surface area contributed by atoms with E-state index in [4.69, 9.17) is 11.6 Å². The number of hydrogen-bond donors (Lipinski definition) is 2. The lowest BCUT2D eigenvalue weighted by Crippen LogP contribution is -2.42. The summed E-state index contributed by atoms with van der Waals surface area (Å²) in [4.78, 5) is 13.7. The number of carbonyl (C=O) groups is 1. The fourth-order valence-corrected chi connectivity index (χ4v) is 3.31. The first-order valence-electron chi connectivity index (χ1n) is 8.01. The van der Waals surface area contributed by atoms with Gasteiger partial charge in [-0.3, -0.25) is 9.69 Å². The van der Waals surface area contributed by atoms with Gasteiger partial charge in [0.05, 0.1) is 0 Å². The molecule has 0 spiro atoms. The van der Waals surface area contributed by atoms with E-state index in [1.807, 2.05) is 19.1 Å². The molecule has 2 N–H and O–H groups in total. The minimum absolute atomic E-state index is 0.425. The molecule has 1 aliphatic heterocycles. The van der Waals surface area contributed by atoms with Crippen LogP contribution in [0.4, 0.5) is 0 Å². The van der Waals surface area contributed by atoms with Crippen LogP contribution < -0.4 is 5.32 Å². The van der Waals surface area contributed by atoms with E-state index in [0.717, 1.165) is 37.5 Å². The van der Waals surface area contributed by atoms with Crippen molar-refractivity contribution in [1.82, 2.24) is 10.2 Å². The highest BCUT2D eigenvalue weighted by atomic mass is 35.5. The predicted molar refractivity (Wildman–Crippen MR) is 89.2 cm³/mol. The molecule has 1 aromatic carbocycles. The van der Waals surface area contributed by atoms with Crippen LogP contribution in [0.1, 0.15) is 31.7 Å². The fraction of sp³-hybridized carbons (Fsp3) is 0.588. The summed E-state index contributed by atoms with van der Waals surface area (Å²) in [7, 11) is 0. The van der Waals surface area contributed by atoms with Crippen LogP contribution in [0.25, 0.3) is 0 Å². The number of rotatable bonds is 7. The average molecular weight is 325 g/mol. The smallest absolute Gasteiger partial charge is 0.320 e. The molecule has 1 aromatic rings. The van der Waals surface area contributed by atoms with Crippen molar-refractivity contribution in [2.45, 2.75) is 38.8 Å². The number of benzene rings is 1. The number of nitrogens with one attached hydrogen (secondary N) is 1. The number of halogens is 1. The summed E-state index contributed by atoms with van der Waals surface area (Å²) in [6, 6.07) is 7.54. The van der Waals surface area contributed by atoms with Crippen molar-refractivity contribution in [2.24, 2.45) is 5.92 Å². The molecular weight excluding hydrogens is 300 g/mol. The summed E-state index contributed by atoms with van der Waals surface area (Å²) in [5, 5.41) is 13.1. The highest BCUT2D eigenvalue weighted by Gasteiger charge is 2.26. The summed E-state index contributed by atoms with van der Waals surface area (Å²) < 4.78 is 0. The third-order valence-electron chi connectivity index (χ3n) is 4.24. The topological polar surface area (TPSA) is 52.6 Å². The quantitative estimate of drug-likeness (QED) is 0.809. The first-order chi connectivity index (χ1) is 10.6. The van der Waals surface area contributed by atoms with Crippen molar-refractivity contribution in [2.75, 3.05) is 19.6 Å². The molecule has 2 unspecified atom stereocenters. The zero-order valence-electron chi connectivity index (χ0n) is 13.1. The monoisotopic (exact) mass is 324 g/mol. The van der Waals surface area contributed by atoms with Crippen LogP contribution in [0.3, 0.4) is 0 Å². The molecule has 5 heteroatoms. The maximum absolute atomic E-state index is 11.3. The van der Waals surface area contributed by atoms with E-state index in [0.29, 0.717) is 18.9 Å². The van der Waals surface area contributed by atoms with Gasteiger partial charge in [0.25, 0.3) is 0 Å². The number of nitrogens with zero attached hydrogens (tertiary/aromatic N) is 1. The highest BCUT2D eigenvalue weighted by molar-refractivity contribution is 6.30. The van der Waals surface area contributed by atoms with Crippen LogP contribution in [0.15, 0.2) is 24.3 Å². The van der Waals surface area contributed by atoms with Gasteiger partial charge in [-0.1, -0.05) is 30.7 Å². The van der Waals surface area contributed by atoms with Gasteiger partial charge in [0.1, 0.15) is 6.04 Å². The Kier molecular flexibility index (Phi) is 6.68. The SMILES string of the molecule is CCNC(CC1CCCN(Cc2ccc(Cl)cc2)C1)C(=O)O. The summed E-state index contributed by atoms with van der Waals surface area (Å²) in [6.45, 7) is 5.60. The lowest BCUT2D eigenvalue weighted by atomic mass is 9.91. The van der Waals surface area contributed by atoms with Crippen molar-refractivity contribution in [1.29, 1.82) is 0 Å². The second kappa shape index (κ2) is 8.51. The molecule has 0 aromatic heterocycles. The maximum atomic E-state index is 11.3. The number of carboxylic acids is 1. The van der Waals surface area contributed by atoms with Gasteiger partial charge < -0.3 is 10.4 Å². The van der Waals surface area contributed by atoms with Gasteiger partial charge in [0.2, 0.25) is 0 Å². The van der Waals surface area contributed by atoms with Gasteiger partial charge in [-0.2, -0.15) is 0 Å². The normalized spacial score (nSPS) is 20.7. The number of aliphatic carboxylic acids is 1. The molecule has 2 rings (SSSR count). The van der Waals surface area contributed by atoms with Crippen molar-refractivity contribution < 1.29 is 9.90 Å². The fourth-order valence-electron chi connectivity index (χ4n) is 3.19. The van der Waals surface area contributed by atoms with Gasteiger partial charge in [0.15, 0.2) is 0 Å². The molecule has 0 aliphatic carbocycles. The third kappa shape index (κ3) is 5.27. The average Bonchev–Trinajstić information content (AvgIpc) is 2.49. The van der Waals surface area contributed by atoms with E-state index in [1.54, 1.807) is 0 Å². The third-order valence-corrected chi connectivity index (χ3v) is 4.49. The highest BCUT2D eigenvalue weighted by Crippen LogP contribution is 2.23. The van der Waals surface area contributed by atoms with Crippen LogP contribution in [-0.2, 0) is 11.3 Å². The first-order valence-corrected chi connectivity index (χ1v) is 8.39. The summed E-state index contributed by atoms with van der Waals surface area (Å²) in [5.74, 6) is -0.294. The lowest BCUT2D eigenvalue weighted by molar-refractivity contribution is -0.140. The molecule has 4 nitrogen and oxygen atoms in total. The molecule has 1 fully saturated rings. The minimum atomic E-state index is -0.739. The predicted octanol–water partition coefficient (Wildman–Crippen LogP) is 3.00. The molecule has 122 valence electrons. The molecule has 1 aliphatic rings. The van der Waals surface area contributed by atoms with E-state index in [2.05, 4.69) is 22.3 Å². The van der Waals surface area contributed by atoms with Gasteiger partial charge in [-0.15, -0.1) is 0 Å². The van der Waals surface area contributed by atoms with E-state index >= 15 is 0 Å². The van der Waals surface area contributed by atoms with E-state index in [-0.39, 0.29) is 0 Å². The Morgan fingerprint density at radius 1 is 1.45 bits per heavy atom.